The van der Waals surface area contributed by atoms with Crippen molar-refractivity contribution in [2.24, 2.45) is 0 Å². The van der Waals surface area contributed by atoms with Crippen LogP contribution in [-0.4, -0.2) is 19.9 Å². The Bertz CT molecular complexity index is 486. The Morgan fingerprint density at radius 3 is 2.93 bits per heavy atom. The standard InChI is InChI=1S/C9H7BrFN3O/c10-6-1-2-8(7(11)3-6)14-5-12-13-9(14)4-15/h1-3,5,15H,4H2. The number of halogens is 2. The summed E-state index contributed by atoms with van der Waals surface area (Å²) < 4.78 is 15.6. The van der Waals surface area contributed by atoms with Crippen LogP contribution in [0.2, 0.25) is 0 Å². The number of aromatic nitrogens is 3. The zero-order valence-corrected chi connectivity index (χ0v) is 9.15. The van der Waals surface area contributed by atoms with E-state index in [1.165, 1.54) is 17.0 Å². The van der Waals surface area contributed by atoms with Gasteiger partial charge in [0.05, 0.1) is 5.69 Å². The molecule has 6 heteroatoms. The lowest BCUT2D eigenvalue weighted by Gasteiger charge is -2.06. The number of aliphatic hydroxyl groups excluding tert-OH is 1. The Morgan fingerprint density at radius 1 is 1.47 bits per heavy atom. The Balaban J connectivity index is 2.54. The van der Waals surface area contributed by atoms with E-state index in [1.807, 2.05) is 0 Å². The molecule has 0 saturated carbocycles. The van der Waals surface area contributed by atoms with Crippen LogP contribution in [0.1, 0.15) is 5.82 Å². The van der Waals surface area contributed by atoms with Gasteiger partial charge in [-0.25, -0.2) is 4.39 Å². The molecule has 0 fully saturated rings. The van der Waals surface area contributed by atoms with Gasteiger partial charge in [0.25, 0.3) is 0 Å². The number of hydrogen-bond acceptors (Lipinski definition) is 3. The summed E-state index contributed by atoms with van der Waals surface area (Å²) in [7, 11) is 0. The second kappa shape index (κ2) is 4.08. The summed E-state index contributed by atoms with van der Waals surface area (Å²) in [6.45, 7) is -0.282. The summed E-state index contributed by atoms with van der Waals surface area (Å²) in [6, 6.07) is 4.64. The first kappa shape index (κ1) is 10.3. The van der Waals surface area contributed by atoms with Gasteiger partial charge >= 0.3 is 0 Å². The zero-order valence-electron chi connectivity index (χ0n) is 7.56. The molecule has 1 N–H and O–H groups in total. The highest BCUT2D eigenvalue weighted by atomic mass is 79.9. The third-order valence-electron chi connectivity index (χ3n) is 1.93. The SMILES string of the molecule is OCc1nncn1-c1ccc(Br)cc1F. The monoisotopic (exact) mass is 271 g/mol. The fourth-order valence-corrected chi connectivity index (χ4v) is 1.58. The quantitative estimate of drug-likeness (QED) is 0.904. The van der Waals surface area contributed by atoms with Crippen molar-refractivity contribution in [3.63, 3.8) is 0 Å². The minimum Gasteiger partial charge on any atom is -0.388 e. The van der Waals surface area contributed by atoms with Crippen LogP contribution in [0, 0.1) is 5.82 Å². The smallest absolute Gasteiger partial charge is 0.163 e. The molecule has 0 radical (unpaired) electrons. The highest BCUT2D eigenvalue weighted by Gasteiger charge is 2.09. The lowest BCUT2D eigenvalue weighted by atomic mass is 10.3. The molecule has 15 heavy (non-hydrogen) atoms. The molecular weight excluding hydrogens is 265 g/mol. The summed E-state index contributed by atoms with van der Waals surface area (Å²) in [5.74, 6) is -0.102. The molecule has 78 valence electrons. The molecule has 4 nitrogen and oxygen atoms in total. The van der Waals surface area contributed by atoms with Gasteiger partial charge in [0, 0.05) is 4.47 Å². The van der Waals surface area contributed by atoms with E-state index < -0.39 is 5.82 Å². The number of hydrogen-bond donors (Lipinski definition) is 1. The summed E-state index contributed by atoms with van der Waals surface area (Å²) >= 11 is 3.17. The number of rotatable bonds is 2. The minimum absolute atomic E-state index is 0.282. The van der Waals surface area contributed by atoms with Crippen molar-refractivity contribution in [3.05, 3.63) is 40.6 Å². The fraction of sp³-hybridized carbons (Fsp3) is 0.111. The van der Waals surface area contributed by atoms with E-state index in [0.29, 0.717) is 16.0 Å². The van der Waals surface area contributed by atoms with Gasteiger partial charge < -0.3 is 5.11 Å². The zero-order chi connectivity index (χ0) is 10.8. The largest absolute Gasteiger partial charge is 0.388 e. The predicted octanol–water partition coefficient (Wildman–Crippen LogP) is 1.66. The maximum Gasteiger partial charge on any atom is 0.163 e. The first-order valence-corrected chi connectivity index (χ1v) is 4.97. The lowest BCUT2D eigenvalue weighted by molar-refractivity contribution is 0.268. The number of benzene rings is 1. The van der Waals surface area contributed by atoms with E-state index in [4.69, 9.17) is 5.11 Å². The molecule has 0 saturated heterocycles. The van der Waals surface area contributed by atoms with Crippen LogP contribution in [0.5, 0.6) is 0 Å². The van der Waals surface area contributed by atoms with Gasteiger partial charge in [0.1, 0.15) is 18.8 Å². The summed E-state index contributed by atoms with van der Waals surface area (Å²) in [4.78, 5) is 0. The fourth-order valence-electron chi connectivity index (χ4n) is 1.24. The minimum atomic E-state index is -0.404. The molecule has 0 aliphatic rings. The molecule has 1 heterocycles. The van der Waals surface area contributed by atoms with Gasteiger partial charge in [-0.05, 0) is 18.2 Å². The molecule has 2 rings (SSSR count). The van der Waals surface area contributed by atoms with Gasteiger partial charge in [-0.3, -0.25) is 4.57 Å². The molecule has 0 aliphatic heterocycles. The van der Waals surface area contributed by atoms with Crippen LogP contribution in [0.3, 0.4) is 0 Å². The molecule has 0 unspecified atom stereocenters. The van der Waals surface area contributed by atoms with Crippen LogP contribution >= 0.6 is 15.9 Å². The maximum absolute atomic E-state index is 13.5. The van der Waals surface area contributed by atoms with Gasteiger partial charge in [0.15, 0.2) is 5.82 Å². The summed E-state index contributed by atoms with van der Waals surface area (Å²) in [6.07, 6.45) is 1.36. The van der Waals surface area contributed by atoms with Crippen molar-refractivity contribution >= 4 is 15.9 Å². The predicted molar refractivity (Wildman–Crippen MR) is 54.9 cm³/mol. The maximum atomic E-state index is 13.5. The number of aliphatic hydroxyl groups is 1. The van der Waals surface area contributed by atoms with Crippen molar-refractivity contribution in [2.45, 2.75) is 6.61 Å². The van der Waals surface area contributed by atoms with Gasteiger partial charge in [-0.15, -0.1) is 10.2 Å². The molecule has 0 amide bonds. The molecule has 1 aromatic carbocycles. The van der Waals surface area contributed by atoms with Crippen LogP contribution in [0.4, 0.5) is 4.39 Å². The van der Waals surface area contributed by atoms with Crippen LogP contribution in [-0.2, 0) is 6.61 Å². The highest BCUT2D eigenvalue weighted by Crippen LogP contribution is 2.19. The Hall–Kier alpha value is -1.27. The molecule has 0 bridgehead atoms. The average Bonchev–Trinajstić information content (AvgIpc) is 2.65. The van der Waals surface area contributed by atoms with Gasteiger partial charge in [-0.1, -0.05) is 15.9 Å². The van der Waals surface area contributed by atoms with E-state index in [-0.39, 0.29) is 6.61 Å². The first-order valence-electron chi connectivity index (χ1n) is 4.17. The van der Waals surface area contributed by atoms with Crippen molar-refractivity contribution < 1.29 is 9.50 Å². The molecule has 1 aromatic heterocycles. The molecule has 0 atom stereocenters. The van der Waals surface area contributed by atoms with Crippen LogP contribution in [0.15, 0.2) is 29.0 Å². The van der Waals surface area contributed by atoms with E-state index in [9.17, 15) is 4.39 Å². The van der Waals surface area contributed by atoms with E-state index in [1.54, 1.807) is 12.1 Å². The van der Waals surface area contributed by atoms with Crippen LogP contribution < -0.4 is 0 Å². The summed E-state index contributed by atoms with van der Waals surface area (Å²) in [5.41, 5.74) is 0.312. The van der Waals surface area contributed by atoms with Crippen molar-refractivity contribution in [3.8, 4) is 5.69 Å². The molecular formula is C9H7BrFN3O. The molecule has 0 spiro atoms. The normalized spacial score (nSPS) is 10.6. The van der Waals surface area contributed by atoms with Crippen molar-refractivity contribution in [1.82, 2.24) is 14.8 Å². The Kier molecular flexibility index (Phi) is 2.79. The van der Waals surface area contributed by atoms with Crippen LogP contribution in [0.25, 0.3) is 5.69 Å². The third kappa shape index (κ3) is 1.91. The molecule has 2 aromatic rings. The van der Waals surface area contributed by atoms with E-state index in [2.05, 4.69) is 26.1 Å². The lowest BCUT2D eigenvalue weighted by Crippen LogP contribution is -2.02. The highest BCUT2D eigenvalue weighted by molar-refractivity contribution is 9.10. The van der Waals surface area contributed by atoms with Gasteiger partial charge in [0.2, 0.25) is 0 Å². The second-order valence-corrected chi connectivity index (χ2v) is 3.79. The Labute approximate surface area is 93.5 Å². The average molecular weight is 272 g/mol. The molecule has 0 aliphatic carbocycles. The van der Waals surface area contributed by atoms with Crippen molar-refractivity contribution in [1.29, 1.82) is 0 Å². The topological polar surface area (TPSA) is 50.9 Å². The van der Waals surface area contributed by atoms with E-state index in [0.717, 1.165) is 0 Å². The second-order valence-electron chi connectivity index (χ2n) is 2.87. The summed E-state index contributed by atoms with van der Waals surface area (Å²) in [5, 5.41) is 16.2. The van der Waals surface area contributed by atoms with Crippen molar-refractivity contribution in [2.75, 3.05) is 0 Å². The number of nitrogens with zero attached hydrogens (tertiary/aromatic N) is 3. The third-order valence-corrected chi connectivity index (χ3v) is 2.42. The van der Waals surface area contributed by atoms with E-state index >= 15 is 0 Å². The first-order chi connectivity index (χ1) is 7.22. The Morgan fingerprint density at radius 2 is 2.27 bits per heavy atom. The van der Waals surface area contributed by atoms with Gasteiger partial charge in [-0.2, -0.15) is 0 Å².